The van der Waals surface area contributed by atoms with Crippen molar-refractivity contribution >= 4 is 46.0 Å². The van der Waals surface area contributed by atoms with Gasteiger partial charge in [0.15, 0.2) is 0 Å². The summed E-state index contributed by atoms with van der Waals surface area (Å²) in [5.41, 5.74) is 3.14. The molecule has 0 bridgehead atoms. The average molecular weight is 585 g/mol. The molecule has 40 heavy (non-hydrogen) atoms. The van der Waals surface area contributed by atoms with Crippen molar-refractivity contribution in [1.82, 2.24) is 14.5 Å². The zero-order chi connectivity index (χ0) is 28.7. The van der Waals surface area contributed by atoms with Crippen molar-refractivity contribution in [3.8, 4) is 11.1 Å². The SMILES string of the molecule is C=CC(=O)N1[C@H](C)CN(c2nc(=O)n3c4c(c(-c5ccc(F)c(Cl)c5)c(C)cc24)SCC(OCCC)C3)C[C@@H]1C. The zero-order valence-corrected chi connectivity index (χ0v) is 24.8. The van der Waals surface area contributed by atoms with E-state index in [1.807, 2.05) is 25.7 Å². The molecule has 2 aromatic carbocycles. The Labute approximate surface area is 243 Å². The molecule has 3 heterocycles. The maximum Gasteiger partial charge on any atom is 0.350 e. The van der Waals surface area contributed by atoms with E-state index in [1.165, 1.54) is 12.1 Å². The number of hydrogen-bond donors (Lipinski definition) is 0. The number of carbonyl (C=O) groups is 1. The molecule has 3 atom stereocenters. The standard InChI is InChI=1S/C30H34ClFN4O3S/c1-6-10-39-21-15-35-27-22(11-17(3)26(28(27)40-16-21)20-8-9-24(32)23(31)12-20)29(33-30(35)38)34-13-18(4)36(19(5)14-34)25(37)7-2/h7-9,11-12,18-19,21H,2,6,10,13-16H2,1,3-5H3/t18-,19+,21?. The first-order valence-electron chi connectivity index (χ1n) is 13.6. The lowest BCUT2D eigenvalue weighted by Crippen LogP contribution is -2.58. The Morgan fingerprint density at radius 2 is 1.98 bits per heavy atom. The number of thioether (sulfide) groups is 1. The summed E-state index contributed by atoms with van der Waals surface area (Å²) in [6, 6.07) is 6.63. The molecule has 0 N–H and O–H groups in total. The van der Waals surface area contributed by atoms with Gasteiger partial charge in [-0.1, -0.05) is 31.2 Å². The summed E-state index contributed by atoms with van der Waals surface area (Å²) in [7, 11) is 0. The predicted octanol–water partition coefficient (Wildman–Crippen LogP) is 5.68. The van der Waals surface area contributed by atoms with Crippen LogP contribution in [0.2, 0.25) is 5.02 Å². The fraction of sp³-hybridized carbons (Fsp3) is 0.433. The molecule has 0 radical (unpaired) electrons. The fourth-order valence-electron chi connectivity index (χ4n) is 5.94. The molecule has 7 nitrogen and oxygen atoms in total. The highest BCUT2D eigenvalue weighted by atomic mass is 35.5. The van der Waals surface area contributed by atoms with Crippen molar-refractivity contribution in [2.45, 2.75) is 63.7 Å². The first kappa shape index (κ1) is 28.6. The summed E-state index contributed by atoms with van der Waals surface area (Å²) in [4.78, 5) is 35.7. The number of halogens is 2. The third-order valence-corrected chi connectivity index (χ3v) is 9.12. The smallest absolute Gasteiger partial charge is 0.350 e. The van der Waals surface area contributed by atoms with Gasteiger partial charge >= 0.3 is 5.69 Å². The number of hydrogen-bond acceptors (Lipinski definition) is 6. The zero-order valence-electron chi connectivity index (χ0n) is 23.2. The molecule has 1 aromatic heterocycles. The van der Waals surface area contributed by atoms with Crippen LogP contribution in [0.25, 0.3) is 22.0 Å². The van der Waals surface area contributed by atoms with Gasteiger partial charge in [0.25, 0.3) is 0 Å². The largest absolute Gasteiger partial charge is 0.375 e. The van der Waals surface area contributed by atoms with Gasteiger partial charge in [-0.25, -0.2) is 9.18 Å². The molecule has 212 valence electrons. The third kappa shape index (κ3) is 5.15. The van der Waals surface area contributed by atoms with Gasteiger partial charge in [0.05, 0.1) is 23.2 Å². The van der Waals surface area contributed by atoms with Crippen molar-refractivity contribution in [3.05, 3.63) is 63.8 Å². The molecule has 1 amide bonds. The minimum atomic E-state index is -0.476. The van der Waals surface area contributed by atoms with E-state index < -0.39 is 5.82 Å². The molecule has 1 saturated heterocycles. The van der Waals surface area contributed by atoms with Gasteiger partial charge in [0.1, 0.15) is 11.6 Å². The van der Waals surface area contributed by atoms with Crippen LogP contribution in [-0.2, 0) is 16.1 Å². The Morgan fingerprint density at radius 1 is 1.25 bits per heavy atom. The Hall–Kier alpha value is -2.88. The van der Waals surface area contributed by atoms with Crippen molar-refractivity contribution in [2.24, 2.45) is 0 Å². The van der Waals surface area contributed by atoms with Gasteiger partial charge < -0.3 is 14.5 Å². The van der Waals surface area contributed by atoms with E-state index in [1.54, 1.807) is 28.5 Å². The van der Waals surface area contributed by atoms with E-state index in [-0.39, 0.29) is 34.8 Å². The van der Waals surface area contributed by atoms with Crippen LogP contribution in [0.15, 0.2) is 46.6 Å². The quantitative estimate of drug-likeness (QED) is 0.348. The number of ether oxygens (including phenoxy) is 1. The molecule has 1 fully saturated rings. The monoisotopic (exact) mass is 584 g/mol. The van der Waals surface area contributed by atoms with E-state index in [4.69, 9.17) is 16.3 Å². The van der Waals surface area contributed by atoms with E-state index in [9.17, 15) is 14.0 Å². The van der Waals surface area contributed by atoms with Crippen molar-refractivity contribution in [3.63, 3.8) is 0 Å². The first-order chi connectivity index (χ1) is 19.1. The number of anilines is 1. The number of aromatic nitrogens is 2. The summed E-state index contributed by atoms with van der Waals surface area (Å²) in [5.74, 6) is 0.695. The van der Waals surface area contributed by atoms with E-state index in [0.29, 0.717) is 37.8 Å². The molecule has 2 aliphatic rings. The van der Waals surface area contributed by atoms with Gasteiger partial charge in [0.2, 0.25) is 5.91 Å². The Morgan fingerprint density at radius 3 is 2.62 bits per heavy atom. The number of amides is 1. The van der Waals surface area contributed by atoms with Crippen LogP contribution >= 0.6 is 23.4 Å². The summed E-state index contributed by atoms with van der Waals surface area (Å²) < 4.78 is 21.9. The number of piperazine rings is 1. The highest BCUT2D eigenvalue weighted by molar-refractivity contribution is 7.99. The molecule has 0 saturated carbocycles. The summed E-state index contributed by atoms with van der Waals surface area (Å²) in [6.45, 7) is 13.8. The van der Waals surface area contributed by atoms with Crippen LogP contribution in [0, 0.1) is 12.7 Å². The van der Waals surface area contributed by atoms with Crippen LogP contribution < -0.4 is 10.6 Å². The van der Waals surface area contributed by atoms with Gasteiger partial charge in [-0.05, 0) is 62.6 Å². The number of rotatable bonds is 6. The predicted molar refractivity (Wildman–Crippen MR) is 160 cm³/mol. The fourth-order valence-corrected chi connectivity index (χ4v) is 7.45. The van der Waals surface area contributed by atoms with Gasteiger partial charge in [-0.15, -0.1) is 11.8 Å². The highest BCUT2D eigenvalue weighted by Gasteiger charge is 2.34. The number of benzene rings is 2. The highest BCUT2D eigenvalue weighted by Crippen LogP contribution is 2.44. The Kier molecular flexibility index (Phi) is 8.27. The van der Waals surface area contributed by atoms with E-state index in [2.05, 4.69) is 29.5 Å². The lowest BCUT2D eigenvalue weighted by molar-refractivity contribution is -0.130. The third-order valence-electron chi connectivity index (χ3n) is 7.61. The van der Waals surface area contributed by atoms with Crippen molar-refractivity contribution in [2.75, 3.05) is 30.3 Å². The summed E-state index contributed by atoms with van der Waals surface area (Å²) in [5, 5.41) is 0.922. The number of carbonyl (C=O) groups excluding carboxylic acids is 1. The molecule has 10 heteroatoms. The molecule has 0 spiro atoms. The molecule has 2 aliphatic heterocycles. The molecule has 5 rings (SSSR count). The maximum atomic E-state index is 14.1. The molecule has 0 aliphatic carbocycles. The van der Waals surface area contributed by atoms with Crippen LogP contribution in [0.5, 0.6) is 0 Å². The average Bonchev–Trinajstić information content (AvgIpc) is 3.11. The van der Waals surface area contributed by atoms with Crippen molar-refractivity contribution < 1.29 is 13.9 Å². The minimum absolute atomic E-state index is 0.0506. The Balaban J connectivity index is 1.71. The second-order valence-corrected chi connectivity index (χ2v) is 12.0. The van der Waals surface area contributed by atoms with E-state index in [0.717, 1.165) is 38.9 Å². The minimum Gasteiger partial charge on any atom is -0.375 e. The van der Waals surface area contributed by atoms with Crippen LogP contribution in [0.4, 0.5) is 10.2 Å². The second kappa shape index (κ2) is 11.5. The van der Waals surface area contributed by atoms with Crippen LogP contribution in [-0.4, -0.2) is 64.0 Å². The Bertz CT molecular complexity index is 1530. The van der Waals surface area contributed by atoms with Gasteiger partial charge in [0, 0.05) is 53.4 Å². The van der Waals surface area contributed by atoms with Gasteiger partial charge in [-0.3, -0.25) is 9.36 Å². The summed E-state index contributed by atoms with van der Waals surface area (Å²) in [6.07, 6.45) is 2.06. The molecular weight excluding hydrogens is 551 g/mol. The van der Waals surface area contributed by atoms with Crippen molar-refractivity contribution in [1.29, 1.82) is 0 Å². The van der Waals surface area contributed by atoms with Crippen LogP contribution in [0.3, 0.4) is 0 Å². The number of nitrogens with zero attached hydrogens (tertiary/aromatic N) is 4. The number of aryl methyl sites for hydroxylation is 1. The summed E-state index contributed by atoms with van der Waals surface area (Å²) >= 11 is 7.85. The lowest BCUT2D eigenvalue weighted by Gasteiger charge is -2.44. The lowest BCUT2D eigenvalue weighted by atomic mass is 9.97. The molecule has 1 unspecified atom stereocenters. The molecule has 3 aromatic rings. The first-order valence-corrected chi connectivity index (χ1v) is 15.0. The van der Waals surface area contributed by atoms with E-state index >= 15 is 0 Å². The molecular formula is C30H34ClFN4O3S. The maximum absolute atomic E-state index is 14.1. The normalized spacial score (nSPS) is 21.0. The van der Waals surface area contributed by atoms with Crippen LogP contribution in [0.1, 0.15) is 32.8 Å². The van der Waals surface area contributed by atoms with Gasteiger partial charge in [-0.2, -0.15) is 4.98 Å². The topological polar surface area (TPSA) is 67.7 Å². The second-order valence-electron chi connectivity index (χ2n) is 10.6.